The average Bonchev–Trinajstić information content (AvgIpc) is 3.05. The highest BCUT2D eigenvalue weighted by molar-refractivity contribution is 5.70. The van der Waals surface area contributed by atoms with Gasteiger partial charge < -0.3 is 14.2 Å². The van der Waals surface area contributed by atoms with Gasteiger partial charge in [-0.25, -0.2) is 0 Å². The van der Waals surface area contributed by atoms with Gasteiger partial charge in [0.25, 0.3) is 0 Å². The van der Waals surface area contributed by atoms with Crippen LogP contribution in [0.25, 0.3) is 0 Å². The van der Waals surface area contributed by atoms with Gasteiger partial charge in [0.1, 0.15) is 6.61 Å². The predicted octanol–water partition coefficient (Wildman–Crippen LogP) is 13.0. The summed E-state index contributed by atoms with van der Waals surface area (Å²) in [5, 5.41) is 0. The van der Waals surface area contributed by atoms with E-state index in [1.54, 1.807) is 0 Å². The Bertz CT molecular complexity index is 622. The van der Waals surface area contributed by atoms with Gasteiger partial charge in [-0.2, -0.15) is 0 Å². The van der Waals surface area contributed by atoms with Crippen molar-refractivity contribution in [2.24, 2.45) is 0 Å². The van der Waals surface area contributed by atoms with Gasteiger partial charge in [-0.15, -0.1) is 0 Å². The Labute approximate surface area is 287 Å². The molecule has 0 fully saturated rings. The van der Waals surface area contributed by atoms with Gasteiger partial charge in [0, 0.05) is 19.4 Å². The Hall–Kier alpha value is -1.10. The number of hydrogen-bond donors (Lipinski definition) is 0. The van der Waals surface area contributed by atoms with Crippen molar-refractivity contribution in [2.45, 2.75) is 232 Å². The largest absolute Gasteiger partial charge is 0.462 e. The Morgan fingerprint density at radius 1 is 0.391 bits per heavy atom. The second-order valence-electron chi connectivity index (χ2n) is 13.9. The molecule has 0 aliphatic rings. The summed E-state index contributed by atoms with van der Waals surface area (Å²) in [6.07, 6.45) is 38.0. The summed E-state index contributed by atoms with van der Waals surface area (Å²) >= 11 is 0. The highest BCUT2D eigenvalue weighted by Crippen LogP contribution is 2.14. The maximum atomic E-state index is 12.6. The molecule has 0 aromatic rings. The topological polar surface area (TPSA) is 61.8 Å². The van der Waals surface area contributed by atoms with Gasteiger partial charge in [0.05, 0.1) is 6.61 Å². The average molecular weight is 653 g/mol. The Kier molecular flexibility index (Phi) is 37.4. The zero-order chi connectivity index (χ0) is 33.6. The van der Waals surface area contributed by atoms with Crippen LogP contribution in [0.4, 0.5) is 0 Å². The number of esters is 2. The maximum Gasteiger partial charge on any atom is 0.306 e. The van der Waals surface area contributed by atoms with Gasteiger partial charge in [0.15, 0.2) is 6.10 Å². The molecule has 0 aromatic heterocycles. The molecule has 0 radical (unpaired) electrons. The molecule has 0 N–H and O–H groups in total. The van der Waals surface area contributed by atoms with E-state index in [-0.39, 0.29) is 18.5 Å². The Morgan fingerprint density at radius 3 is 1.11 bits per heavy atom. The van der Waals surface area contributed by atoms with Gasteiger partial charge in [-0.3, -0.25) is 9.59 Å². The fourth-order valence-corrected chi connectivity index (χ4v) is 6.04. The number of hydrogen-bond acceptors (Lipinski definition) is 5. The van der Waals surface area contributed by atoms with Crippen LogP contribution in [0.2, 0.25) is 0 Å². The van der Waals surface area contributed by atoms with Crippen LogP contribution in [-0.4, -0.2) is 37.9 Å². The zero-order valence-electron chi connectivity index (χ0n) is 31.4. The summed E-state index contributed by atoms with van der Waals surface area (Å²) in [5.41, 5.74) is 0. The summed E-state index contributed by atoms with van der Waals surface area (Å²) in [5.74, 6) is -0.386. The van der Waals surface area contributed by atoms with Crippen molar-refractivity contribution >= 4 is 11.9 Å². The molecule has 46 heavy (non-hydrogen) atoms. The van der Waals surface area contributed by atoms with Crippen LogP contribution in [0.5, 0.6) is 0 Å². The SMILES string of the molecule is CCCCCCCCCCCCCC(=O)OCC(COCCCCCCCCCC)OC(=O)CCCCCCCCCCCCC. The van der Waals surface area contributed by atoms with Crippen LogP contribution in [0.3, 0.4) is 0 Å². The first-order valence-corrected chi connectivity index (χ1v) is 20.6. The molecule has 0 bridgehead atoms. The fourth-order valence-electron chi connectivity index (χ4n) is 6.04. The highest BCUT2D eigenvalue weighted by Gasteiger charge is 2.17. The minimum atomic E-state index is -0.518. The molecule has 0 rings (SSSR count). The molecular formula is C41H80O5. The lowest BCUT2D eigenvalue weighted by atomic mass is 10.1. The van der Waals surface area contributed by atoms with E-state index in [4.69, 9.17) is 14.2 Å². The van der Waals surface area contributed by atoms with Crippen molar-refractivity contribution in [3.8, 4) is 0 Å². The number of ether oxygens (including phenoxy) is 3. The molecule has 0 amide bonds. The quantitative estimate of drug-likeness (QED) is 0.0490. The van der Waals surface area contributed by atoms with Gasteiger partial charge >= 0.3 is 11.9 Å². The molecule has 0 aromatic carbocycles. The molecule has 0 spiro atoms. The van der Waals surface area contributed by atoms with Gasteiger partial charge in [-0.05, 0) is 19.3 Å². The van der Waals surface area contributed by atoms with E-state index in [9.17, 15) is 9.59 Å². The first kappa shape index (κ1) is 44.9. The van der Waals surface area contributed by atoms with E-state index in [0.717, 1.165) is 32.1 Å². The summed E-state index contributed by atoms with van der Waals surface area (Å²) in [6, 6.07) is 0. The molecule has 5 nitrogen and oxygen atoms in total. The third kappa shape index (κ3) is 35.7. The second-order valence-corrected chi connectivity index (χ2v) is 13.9. The van der Waals surface area contributed by atoms with Crippen LogP contribution >= 0.6 is 0 Å². The molecule has 0 heterocycles. The lowest BCUT2D eigenvalue weighted by Crippen LogP contribution is -2.30. The third-order valence-corrected chi connectivity index (χ3v) is 9.14. The second kappa shape index (κ2) is 38.3. The van der Waals surface area contributed by atoms with Crippen LogP contribution in [0.15, 0.2) is 0 Å². The standard InChI is InChI=1S/C41H80O5/c1-4-7-10-13-16-19-21-23-25-28-31-34-40(42)45-38-39(37-44-36-33-30-27-18-15-12-9-6-3)46-41(43)35-32-29-26-24-22-20-17-14-11-8-5-2/h39H,4-38H2,1-3H3. The van der Waals surface area contributed by atoms with Gasteiger partial charge in [0.2, 0.25) is 0 Å². The minimum absolute atomic E-state index is 0.0955. The summed E-state index contributed by atoms with van der Waals surface area (Å²) in [7, 11) is 0. The van der Waals surface area contributed by atoms with Gasteiger partial charge in [-0.1, -0.05) is 194 Å². The molecule has 0 saturated carbocycles. The monoisotopic (exact) mass is 653 g/mol. The number of rotatable bonds is 38. The lowest BCUT2D eigenvalue weighted by molar-refractivity contribution is -0.163. The third-order valence-electron chi connectivity index (χ3n) is 9.14. The molecule has 1 atom stereocenters. The van der Waals surface area contributed by atoms with Crippen molar-refractivity contribution in [3.63, 3.8) is 0 Å². The zero-order valence-corrected chi connectivity index (χ0v) is 31.4. The van der Waals surface area contributed by atoms with E-state index >= 15 is 0 Å². The summed E-state index contributed by atoms with van der Waals surface area (Å²) in [4.78, 5) is 25.0. The van der Waals surface area contributed by atoms with E-state index < -0.39 is 6.10 Å². The van der Waals surface area contributed by atoms with Crippen molar-refractivity contribution < 1.29 is 23.8 Å². The van der Waals surface area contributed by atoms with Crippen LogP contribution in [-0.2, 0) is 23.8 Å². The van der Waals surface area contributed by atoms with E-state index in [0.29, 0.717) is 26.1 Å². The Balaban J connectivity index is 4.17. The van der Waals surface area contributed by atoms with Crippen molar-refractivity contribution in [1.29, 1.82) is 0 Å². The number of carbonyl (C=O) groups is 2. The summed E-state index contributed by atoms with van der Waals surface area (Å²) < 4.78 is 17.2. The fraction of sp³-hybridized carbons (Fsp3) is 0.951. The van der Waals surface area contributed by atoms with E-state index in [1.807, 2.05) is 0 Å². The number of unbranched alkanes of at least 4 members (excludes halogenated alkanes) is 27. The highest BCUT2D eigenvalue weighted by atomic mass is 16.6. The molecule has 0 saturated heterocycles. The molecule has 5 heteroatoms. The smallest absolute Gasteiger partial charge is 0.306 e. The first-order chi connectivity index (χ1) is 22.6. The Morgan fingerprint density at radius 2 is 0.717 bits per heavy atom. The summed E-state index contributed by atoms with van der Waals surface area (Å²) in [6.45, 7) is 7.83. The molecular weight excluding hydrogens is 572 g/mol. The lowest BCUT2D eigenvalue weighted by Gasteiger charge is -2.18. The maximum absolute atomic E-state index is 12.6. The predicted molar refractivity (Wildman–Crippen MR) is 196 cm³/mol. The molecule has 0 aliphatic heterocycles. The van der Waals surface area contributed by atoms with Crippen molar-refractivity contribution in [1.82, 2.24) is 0 Å². The van der Waals surface area contributed by atoms with E-state index in [1.165, 1.54) is 161 Å². The van der Waals surface area contributed by atoms with E-state index in [2.05, 4.69) is 20.8 Å². The molecule has 0 aliphatic carbocycles. The van der Waals surface area contributed by atoms with Crippen molar-refractivity contribution in [3.05, 3.63) is 0 Å². The number of carbonyl (C=O) groups excluding carboxylic acids is 2. The normalized spacial score (nSPS) is 12.0. The van der Waals surface area contributed by atoms with Crippen LogP contribution in [0, 0.1) is 0 Å². The van der Waals surface area contributed by atoms with Crippen molar-refractivity contribution in [2.75, 3.05) is 19.8 Å². The van der Waals surface area contributed by atoms with Crippen LogP contribution < -0.4 is 0 Å². The van der Waals surface area contributed by atoms with Crippen LogP contribution in [0.1, 0.15) is 226 Å². The molecule has 274 valence electrons. The first-order valence-electron chi connectivity index (χ1n) is 20.6. The molecule has 1 unspecified atom stereocenters. The minimum Gasteiger partial charge on any atom is -0.462 e.